The van der Waals surface area contributed by atoms with E-state index in [1.165, 1.54) is 28.1 Å². The van der Waals surface area contributed by atoms with Crippen molar-refractivity contribution in [3.05, 3.63) is 95.1 Å². The van der Waals surface area contributed by atoms with Crippen molar-refractivity contribution in [3.63, 3.8) is 0 Å². The van der Waals surface area contributed by atoms with Crippen molar-refractivity contribution in [2.45, 2.75) is 24.3 Å². The fraction of sp³-hybridized carbons (Fsp3) is 0.286. The van der Waals surface area contributed by atoms with E-state index < -0.39 is 22.4 Å². The molecule has 0 aliphatic rings. The van der Waals surface area contributed by atoms with E-state index in [0.29, 0.717) is 57.5 Å². The molecule has 0 aromatic heterocycles. The van der Waals surface area contributed by atoms with E-state index in [2.05, 4.69) is 0 Å². The van der Waals surface area contributed by atoms with Gasteiger partial charge in [-0.3, -0.25) is 9.59 Å². The number of hydrogen-bond donors (Lipinski definition) is 0. The van der Waals surface area contributed by atoms with Crippen LogP contribution in [-0.4, -0.2) is 68.8 Å². The first-order chi connectivity index (χ1) is 26.5. The van der Waals surface area contributed by atoms with Crippen LogP contribution in [0.4, 0.5) is 0 Å². The zero-order valence-corrected chi connectivity index (χ0v) is 33.4. The van der Waals surface area contributed by atoms with Gasteiger partial charge < -0.3 is 47.4 Å². The molecule has 0 fully saturated rings. The largest absolute Gasteiger partial charge is 0.496 e. The molecule has 0 radical (unpaired) electrons. The van der Waals surface area contributed by atoms with Gasteiger partial charge in [0.2, 0.25) is 0 Å². The van der Waals surface area contributed by atoms with Gasteiger partial charge in [0.15, 0.2) is 46.0 Å². The lowest BCUT2D eigenvalue weighted by Gasteiger charge is -2.25. The summed E-state index contributed by atoms with van der Waals surface area (Å²) in [7, 11) is 12.5. The topological polar surface area (TPSA) is 126 Å². The van der Waals surface area contributed by atoms with Gasteiger partial charge in [-0.15, -0.1) is 11.8 Å². The molecule has 0 spiro atoms. The summed E-state index contributed by atoms with van der Waals surface area (Å²) in [6.07, 6.45) is 7.94. The Morgan fingerprint density at radius 3 is 1.05 bits per heavy atom. The van der Waals surface area contributed by atoms with Crippen molar-refractivity contribution >= 4 is 35.9 Å². The maximum atomic E-state index is 11.7. The van der Waals surface area contributed by atoms with E-state index in [0.717, 1.165) is 22.3 Å². The van der Waals surface area contributed by atoms with Gasteiger partial charge in [-0.05, 0) is 47.5 Å². The lowest BCUT2D eigenvalue weighted by Crippen LogP contribution is -2.04. The molecule has 2 unspecified atom stereocenters. The number of methoxy groups -OCH3 is 8. The van der Waals surface area contributed by atoms with Crippen molar-refractivity contribution in [1.82, 2.24) is 0 Å². The predicted molar refractivity (Wildman–Crippen MR) is 212 cm³/mol. The van der Waals surface area contributed by atoms with Gasteiger partial charge in [0, 0.05) is 37.1 Å². The van der Waals surface area contributed by atoms with Crippen LogP contribution in [0.1, 0.15) is 46.6 Å². The molecule has 0 aliphatic carbocycles. The van der Waals surface area contributed by atoms with Gasteiger partial charge >= 0.3 is 11.9 Å². The lowest BCUT2D eigenvalue weighted by molar-refractivity contribution is -0.132. The number of thioether (sulfide) groups is 1. The van der Waals surface area contributed by atoms with Crippen LogP contribution < -0.4 is 47.4 Å². The summed E-state index contributed by atoms with van der Waals surface area (Å²) in [5.41, 5.74) is 3.15. The van der Waals surface area contributed by atoms with Gasteiger partial charge in [-0.2, -0.15) is 0 Å². The Hall–Kier alpha value is -5.95. The van der Waals surface area contributed by atoms with E-state index in [9.17, 15) is 9.59 Å². The SMILES string of the molecule is COc1cc(OC)c(C(C=Cc2ccc(OC(C)=O)c(OC)c2)SC(C=Cc2ccc(OC(C)=O)c(OC)c2)c2cc(OC)c(OC)cc2OC)cc1OC. The molecule has 55 heavy (non-hydrogen) atoms. The summed E-state index contributed by atoms with van der Waals surface area (Å²) in [6.45, 7) is 2.66. The molecule has 0 amide bonds. The number of carbonyl (C=O) groups is 2. The van der Waals surface area contributed by atoms with Crippen LogP contribution in [-0.2, 0) is 9.59 Å². The molecular formula is C42H46O12S. The molecule has 4 aromatic rings. The smallest absolute Gasteiger partial charge is 0.308 e. The first-order valence-electron chi connectivity index (χ1n) is 16.9. The van der Waals surface area contributed by atoms with Crippen LogP contribution in [0, 0.1) is 0 Å². The molecule has 13 heteroatoms. The number of rotatable bonds is 18. The number of benzene rings is 4. The lowest BCUT2D eigenvalue weighted by atomic mass is 10.1. The third-order valence-electron chi connectivity index (χ3n) is 8.19. The fourth-order valence-corrected chi connectivity index (χ4v) is 6.92. The second kappa shape index (κ2) is 19.9. The molecule has 0 aliphatic heterocycles. The molecule has 0 saturated heterocycles. The molecule has 0 bridgehead atoms. The average Bonchev–Trinajstić information content (AvgIpc) is 3.19. The fourth-order valence-electron chi connectivity index (χ4n) is 5.60. The van der Waals surface area contributed by atoms with E-state index >= 15 is 0 Å². The number of carbonyl (C=O) groups excluding carboxylic acids is 2. The van der Waals surface area contributed by atoms with Crippen molar-refractivity contribution in [2.75, 3.05) is 56.9 Å². The highest BCUT2D eigenvalue weighted by atomic mass is 32.2. The van der Waals surface area contributed by atoms with Crippen molar-refractivity contribution < 1.29 is 57.0 Å². The summed E-state index contributed by atoms with van der Waals surface area (Å²) in [6, 6.07) is 17.9. The summed E-state index contributed by atoms with van der Waals surface area (Å²) < 4.78 is 56.2. The summed E-state index contributed by atoms with van der Waals surface area (Å²) in [4.78, 5) is 23.4. The Kier molecular flexibility index (Phi) is 15.1. The third-order valence-corrected chi connectivity index (χ3v) is 9.60. The van der Waals surface area contributed by atoms with E-state index in [1.54, 1.807) is 90.8 Å². The van der Waals surface area contributed by atoms with E-state index in [1.807, 2.05) is 48.6 Å². The molecule has 0 saturated carbocycles. The predicted octanol–water partition coefficient (Wildman–Crippen LogP) is 8.55. The van der Waals surface area contributed by atoms with E-state index in [-0.39, 0.29) is 0 Å². The minimum absolute atomic E-state index is 0.308. The van der Waals surface area contributed by atoms with Gasteiger partial charge in [0.25, 0.3) is 0 Å². The van der Waals surface area contributed by atoms with Crippen LogP contribution in [0.15, 0.2) is 72.8 Å². The zero-order valence-electron chi connectivity index (χ0n) is 32.5. The Morgan fingerprint density at radius 2 is 0.745 bits per heavy atom. The molecule has 4 aromatic carbocycles. The molecule has 4 rings (SSSR count). The minimum Gasteiger partial charge on any atom is -0.496 e. The third kappa shape index (κ3) is 10.6. The summed E-state index contributed by atoms with van der Waals surface area (Å²) in [5.74, 6) is 3.67. The normalized spacial score (nSPS) is 12.1. The van der Waals surface area contributed by atoms with Crippen LogP contribution in [0.3, 0.4) is 0 Å². The van der Waals surface area contributed by atoms with Crippen molar-refractivity contribution in [2.24, 2.45) is 0 Å². The monoisotopic (exact) mass is 774 g/mol. The Morgan fingerprint density at radius 1 is 0.436 bits per heavy atom. The average molecular weight is 775 g/mol. The molecule has 0 heterocycles. The Bertz CT molecular complexity index is 1880. The number of hydrogen-bond acceptors (Lipinski definition) is 13. The van der Waals surface area contributed by atoms with Crippen LogP contribution in [0.5, 0.6) is 57.5 Å². The molecule has 0 N–H and O–H groups in total. The minimum atomic E-state index is -0.456. The maximum absolute atomic E-state index is 11.7. The number of esters is 2. The first kappa shape index (κ1) is 41.8. The van der Waals surface area contributed by atoms with Gasteiger partial charge in [-0.25, -0.2) is 0 Å². The standard InChI is InChI=1S/C42H46O12S/c1-25(43)53-31-15-11-27(19-35(31)47-5)13-17-41(29-21-37(49-7)39(51-9)23-33(29)45-3)55-42(30-22-38(50-8)40(52-10)24-34(30)46-4)18-14-28-12-16-32(54-26(2)44)36(20-28)48-6/h11-24,41-42H,1-10H3. The van der Waals surface area contributed by atoms with Gasteiger partial charge in [0.1, 0.15) is 11.5 Å². The first-order valence-corrected chi connectivity index (χ1v) is 17.8. The van der Waals surface area contributed by atoms with E-state index in [4.69, 9.17) is 47.4 Å². The van der Waals surface area contributed by atoms with Crippen LogP contribution >= 0.6 is 11.8 Å². The second-order valence-corrected chi connectivity index (χ2v) is 12.9. The van der Waals surface area contributed by atoms with Crippen molar-refractivity contribution in [1.29, 1.82) is 0 Å². The van der Waals surface area contributed by atoms with Crippen LogP contribution in [0.25, 0.3) is 12.2 Å². The summed E-state index contributed by atoms with van der Waals surface area (Å²) >= 11 is 1.57. The zero-order chi connectivity index (χ0) is 40.1. The molecule has 292 valence electrons. The molecular weight excluding hydrogens is 729 g/mol. The second-order valence-electron chi connectivity index (χ2n) is 11.6. The van der Waals surface area contributed by atoms with Gasteiger partial charge in [-0.1, -0.05) is 36.4 Å². The highest BCUT2D eigenvalue weighted by molar-refractivity contribution is 8.00. The highest BCUT2D eigenvalue weighted by Crippen LogP contribution is 2.51. The molecule has 2 atom stereocenters. The Labute approximate surface area is 325 Å². The molecule has 12 nitrogen and oxygen atoms in total. The Balaban J connectivity index is 1.94. The maximum Gasteiger partial charge on any atom is 0.308 e. The van der Waals surface area contributed by atoms with Gasteiger partial charge in [0.05, 0.1) is 67.4 Å². The van der Waals surface area contributed by atoms with Crippen molar-refractivity contribution in [3.8, 4) is 57.5 Å². The van der Waals surface area contributed by atoms with Crippen LogP contribution in [0.2, 0.25) is 0 Å². The highest BCUT2D eigenvalue weighted by Gasteiger charge is 2.26. The quantitative estimate of drug-likeness (QED) is 0.0709. The summed E-state index contributed by atoms with van der Waals surface area (Å²) in [5, 5.41) is -0.801. The number of ether oxygens (including phenoxy) is 10.